The summed E-state index contributed by atoms with van der Waals surface area (Å²) in [4.78, 5) is 103. The Labute approximate surface area is 523 Å². The third-order valence-electron chi connectivity index (χ3n) is 19.4. The molecule has 10 heterocycles. The molecule has 4 unspecified atom stereocenters. The number of aromatic nitrogens is 8. The second kappa shape index (κ2) is 24.9. The number of carbonyl (C=O) groups excluding carboxylic acids is 5. The summed E-state index contributed by atoms with van der Waals surface area (Å²) < 4.78 is 9.89. The van der Waals surface area contributed by atoms with Gasteiger partial charge >= 0.3 is 6.09 Å². The van der Waals surface area contributed by atoms with Gasteiger partial charge in [-0.3, -0.25) is 24.1 Å². The number of hydrogen-bond acceptors (Lipinski definition) is 15. The van der Waals surface area contributed by atoms with Crippen LogP contribution in [-0.2, 0) is 4.74 Å². The minimum atomic E-state index is -0.564. The zero-order valence-corrected chi connectivity index (χ0v) is 54.5. The maximum absolute atomic E-state index is 13.5. The quantitative estimate of drug-likeness (QED) is 0.116. The molecule has 4 atom stereocenters. The van der Waals surface area contributed by atoms with Gasteiger partial charge in [-0.2, -0.15) is 9.97 Å². The van der Waals surface area contributed by atoms with Crippen molar-refractivity contribution in [3.05, 3.63) is 83.7 Å². The summed E-state index contributed by atoms with van der Waals surface area (Å²) >= 11 is 0. The minimum Gasteiger partial charge on any atom is -0.444 e. The summed E-state index contributed by atoms with van der Waals surface area (Å²) in [5.41, 5.74) is 3.80. The highest BCUT2D eigenvalue weighted by Gasteiger charge is 2.46. The Hall–Kier alpha value is -7.75. The SMILES string of the molecule is CN(C)C(=O)c1cc2cnc(Nc3ccc(C(=O)N4CC5CCC(C4)N5)cn3)nc2n1C1CCC(C(C)(C)C)CC1.CN(C)C(=O)c1cc2cnc(Nc3ccc(C(=O)N4CC5CCC(C4)N5C(=O)OC(C)(C)C)cn3)nc2n1C1CCC(C(C)(C)C)CC1. The molecule has 12 rings (SSSR count). The molecule has 22 heteroatoms. The van der Waals surface area contributed by atoms with Gasteiger partial charge in [0.15, 0.2) is 0 Å². The van der Waals surface area contributed by atoms with Crippen LogP contribution in [0.2, 0.25) is 0 Å². The molecule has 0 spiro atoms. The van der Waals surface area contributed by atoms with Crippen LogP contribution in [0.15, 0.2) is 61.2 Å². The van der Waals surface area contributed by atoms with E-state index in [4.69, 9.17) is 14.7 Å². The summed E-state index contributed by atoms with van der Waals surface area (Å²) in [5, 5.41) is 11.6. The zero-order valence-electron chi connectivity index (χ0n) is 54.5. The summed E-state index contributed by atoms with van der Waals surface area (Å²) in [5.74, 6) is 3.00. The van der Waals surface area contributed by atoms with E-state index in [1.165, 1.54) is 0 Å². The number of rotatable bonds is 10. The van der Waals surface area contributed by atoms with E-state index < -0.39 is 5.60 Å². The maximum Gasteiger partial charge on any atom is 0.410 e. The van der Waals surface area contributed by atoms with Gasteiger partial charge in [-0.15, -0.1) is 0 Å². The fourth-order valence-corrected chi connectivity index (χ4v) is 14.5. The molecule has 2 aliphatic carbocycles. The minimum absolute atomic E-state index is 0.0252. The Bertz CT molecular complexity index is 3550. The van der Waals surface area contributed by atoms with E-state index in [0.29, 0.717) is 83.1 Å². The number of nitrogens with zero attached hydrogens (tertiary/aromatic N) is 13. The molecule has 2 saturated carbocycles. The Morgan fingerprint density at radius 1 is 0.506 bits per heavy atom. The van der Waals surface area contributed by atoms with Crippen LogP contribution in [0.25, 0.3) is 22.1 Å². The van der Waals surface area contributed by atoms with Crippen LogP contribution < -0.4 is 16.0 Å². The molecule has 89 heavy (non-hydrogen) atoms. The van der Waals surface area contributed by atoms with E-state index in [1.807, 2.05) is 53.7 Å². The van der Waals surface area contributed by atoms with Crippen LogP contribution in [0.4, 0.5) is 28.3 Å². The van der Waals surface area contributed by atoms with E-state index in [0.717, 1.165) is 112 Å². The van der Waals surface area contributed by atoms with Crippen molar-refractivity contribution in [3.8, 4) is 0 Å². The summed E-state index contributed by atoms with van der Waals surface area (Å²) in [6.07, 6.45) is 18.8. The third-order valence-corrected chi connectivity index (χ3v) is 19.4. The highest BCUT2D eigenvalue weighted by Crippen LogP contribution is 2.45. The van der Waals surface area contributed by atoms with Gasteiger partial charge in [0, 0.05) is 114 Å². The lowest BCUT2D eigenvalue weighted by Crippen LogP contribution is -2.57. The number of fused-ring (bicyclic) bond motifs is 6. The van der Waals surface area contributed by atoms with Crippen molar-refractivity contribution < 1.29 is 28.7 Å². The van der Waals surface area contributed by atoms with Crippen molar-refractivity contribution >= 4 is 75.3 Å². The zero-order chi connectivity index (χ0) is 63.4. The Balaban J connectivity index is 0.000000186. The number of pyridine rings is 2. The molecule has 3 N–H and O–H groups in total. The Morgan fingerprint density at radius 2 is 0.899 bits per heavy atom. The van der Waals surface area contributed by atoms with Gasteiger partial charge in [0.2, 0.25) is 11.9 Å². The lowest BCUT2D eigenvalue weighted by Gasteiger charge is -2.41. The number of ether oxygens (including phenoxy) is 1. The van der Waals surface area contributed by atoms with E-state index in [2.05, 4.69) is 86.6 Å². The first-order chi connectivity index (χ1) is 42.1. The van der Waals surface area contributed by atoms with Gasteiger partial charge in [-0.25, -0.2) is 24.7 Å². The van der Waals surface area contributed by atoms with E-state index in [1.54, 1.807) is 81.0 Å². The normalized spacial score (nSPS) is 23.6. The van der Waals surface area contributed by atoms with Gasteiger partial charge in [0.05, 0.1) is 23.2 Å². The highest BCUT2D eigenvalue weighted by atomic mass is 16.6. The number of nitrogens with one attached hydrogen (secondary N) is 3. The molecule has 0 radical (unpaired) electrons. The van der Waals surface area contributed by atoms with Crippen LogP contribution in [0.1, 0.15) is 193 Å². The van der Waals surface area contributed by atoms with Gasteiger partial charge in [-0.05, 0) is 157 Å². The maximum atomic E-state index is 13.5. The van der Waals surface area contributed by atoms with Gasteiger partial charge < -0.3 is 49.4 Å². The summed E-state index contributed by atoms with van der Waals surface area (Å²) in [6.45, 7) is 21.9. The van der Waals surface area contributed by atoms with Crippen molar-refractivity contribution in [2.24, 2.45) is 22.7 Å². The average molecular weight is 1220 g/mol. The first kappa shape index (κ1) is 62.8. The number of piperazine rings is 2. The lowest BCUT2D eigenvalue weighted by atomic mass is 9.71. The lowest BCUT2D eigenvalue weighted by molar-refractivity contribution is -0.00338. The number of anilines is 4. The van der Waals surface area contributed by atoms with Crippen molar-refractivity contribution in [3.63, 3.8) is 0 Å². The predicted octanol–water partition coefficient (Wildman–Crippen LogP) is 10.9. The summed E-state index contributed by atoms with van der Waals surface area (Å²) in [6, 6.07) is 12.0. The van der Waals surface area contributed by atoms with Crippen LogP contribution in [-0.4, -0.2) is 177 Å². The monoisotopic (exact) mass is 1220 g/mol. The molecule has 4 bridgehead atoms. The van der Waals surface area contributed by atoms with Gasteiger partial charge in [-0.1, -0.05) is 41.5 Å². The van der Waals surface area contributed by atoms with Crippen LogP contribution in [0.3, 0.4) is 0 Å². The molecule has 22 nitrogen and oxygen atoms in total. The Kier molecular flexibility index (Phi) is 17.6. The second-order valence-electron chi connectivity index (χ2n) is 29.3. The number of amides is 5. The van der Waals surface area contributed by atoms with E-state index >= 15 is 0 Å². The molecule has 6 aromatic rings. The summed E-state index contributed by atoms with van der Waals surface area (Å²) in [7, 11) is 7.11. The molecule has 5 amide bonds. The molecular weight excluding hydrogens is 1120 g/mol. The fraction of sp³-hybridized carbons (Fsp3) is 0.597. The van der Waals surface area contributed by atoms with Crippen molar-refractivity contribution in [2.75, 3.05) is 65.0 Å². The highest BCUT2D eigenvalue weighted by molar-refractivity contribution is 5.99. The van der Waals surface area contributed by atoms with Crippen molar-refractivity contribution in [1.29, 1.82) is 0 Å². The predicted molar refractivity (Wildman–Crippen MR) is 344 cm³/mol. The molecule has 6 aromatic heterocycles. The van der Waals surface area contributed by atoms with Crippen LogP contribution in [0, 0.1) is 22.7 Å². The number of hydrogen-bond donors (Lipinski definition) is 3. The van der Waals surface area contributed by atoms with Crippen molar-refractivity contribution in [1.82, 2.24) is 68.9 Å². The van der Waals surface area contributed by atoms with Crippen molar-refractivity contribution in [2.45, 2.75) is 181 Å². The van der Waals surface area contributed by atoms with Crippen LogP contribution >= 0.6 is 0 Å². The molecule has 4 saturated heterocycles. The molecule has 0 aromatic carbocycles. The van der Waals surface area contributed by atoms with Gasteiger partial charge in [0.25, 0.3) is 23.6 Å². The second-order valence-corrected chi connectivity index (χ2v) is 29.3. The molecule has 4 aliphatic heterocycles. The first-order valence-corrected chi connectivity index (χ1v) is 32.2. The smallest absolute Gasteiger partial charge is 0.410 e. The number of likely N-dealkylation sites (tertiary alicyclic amines) is 2. The molecule has 6 aliphatic rings. The van der Waals surface area contributed by atoms with Gasteiger partial charge in [0.1, 0.15) is 39.9 Å². The number of carbonyl (C=O) groups is 5. The largest absolute Gasteiger partial charge is 0.444 e. The standard InChI is InChI=1S/C36H50N8O4.C31H42N8O2/c1-35(2,3)24-10-12-25(13-11-24)44-28(32(46)41(7)8)17-23-19-38-33(40-30(23)44)39-29-16-9-22(18-37-29)31(45)42-20-26-14-15-27(21-42)43(26)34(47)48-36(4,5)6;1-31(2,3)21-7-11-24(12-8-21)39-25(29(41)37(4)5)14-20-16-33-30(36-27(20)39)35-26-13-6-19(15-32-26)28(40)38-17-22-9-10-23(18-38)34-22/h9,16-19,24-27H,10-15,20-21H2,1-8H3,(H,37,38,39,40);6,13-16,21-24,34H,7-12,17-18H2,1-5H3,(H,32,33,35,36). The van der Waals surface area contributed by atoms with E-state index in [-0.39, 0.29) is 64.7 Å². The first-order valence-electron chi connectivity index (χ1n) is 32.2. The fourth-order valence-electron chi connectivity index (χ4n) is 14.5. The topological polar surface area (TPSA) is 234 Å². The van der Waals surface area contributed by atoms with E-state index in [9.17, 15) is 24.0 Å². The average Bonchev–Trinajstić information content (AvgIpc) is 1.68. The molecule has 476 valence electrons. The third kappa shape index (κ3) is 13.7. The van der Waals surface area contributed by atoms with Crippen LogP contribution in [0.5, 0.6) is 0 Å². The Morgan fingerprint density at radius 3 is 1.26 bits per heavy atom. The molecule has 6 fully saturated rings. The molecular formula is C67H92N16O6.